The predicted molar refractivity (Wildman–Crippen MR) is 79.2 cm³/mol. The Morgan fingerprint density at radius 1 is 1.16 bits per heavy atom. The van der Waals surface area contributed by atoms with E-state index in [0.717, 1.165) is 37.9 Å². The minimum absolute atomic E-state index is 0.159. The van der Waals surface area contributed by atoms with E-state index in [1.165, 1.54) is 5.56 Å². The first-order chi connectivity index (χ1) is 9.21. The monoisotopic (exact) mass is 259 g/mol. The smallest absolute Gasteiger partial charge is 0.122 e. The van der Waals surface area contributed by atoms with Crippen molar-refractivity contribution < 1.29 is 4.74 Å². The van der Waals surface area contributed by atoms with Gasteiger partial charge in [0, 0.05) is 0 Å². The molecule has 1 aromatic carbocycles. The average molecular weight is 259 g/mol. The van der Waals surface area contributed by atoms with Crippen molar-refractivity contribution in [2.45, 2.75) is 52.9 Å². The van der Waals surface area contributed by atoms with Crippen molar-refractivity contribution in [3.05, 3.63) is 29.8 Å². The SMILES string of the molecule is CCc1ccccc1OCCCC(C#N)(CC)CC. The third-order valence-electron chi connectivity index (χ3n) is 4.00. The molecule has 104 valence electrons. The van der Waals surface area contributed by atoms with Crippen LogP contribution in [-0.2, 0) is 6.42 Å². The van der Waals surface area contributed by atoms with Crippen LogP contribution in [0.1, 0.15) is 52.0 Å². The van der Waals surface area contributed by atoms with E-state index in [1.54, 1.807) is 0 Å². The van der Waals surface area contributed by atoms with Gasteiger partial charge in [-0.1, -0.05) is 39.0 Å². The van der Waals surface area contributed by atoms with Crippen LogP contribution >= 0.6 is 0 Å². The van der Waals surface area contributed by atoms with Crippen molar-refractivity contribution in [2.75, 3.05) is 6.61 Å². The number of hydrogen-bond donors (Lipinski definition) is 0. The zero-order chi connectivity index (χ0) is 14.1. The first-order valence-corrected chi connectivity index (χ1v) is 7.33. The third kappa shape index (κ3) is 4.28. The van der Waals surface area contributed by atoms with Crippen molar-refractivity contribution in [2.24, 2.45) is 5.41 Å². The average Bonchev–Trinajstić information content (AvgIpc) is 2.48. The summed E-state index contributed by atoms with van der Waals surface area (Å²) in [7, 11) is 0. The summed E-state index contributed by atoms with van der Waals surface area (Å²) in [5.41, 5.74) is 1.09. The van der Waals surface area contributed by atoms with Gasteiger partial charge in [0.1, 0.15) is 5.75 Å². The maximum Gasteiger partial charge on any atom is 0.122 e. The van der Waals surface area contributed by atoms with E-state index < -0.39 is 0 Å². The van der Waals surface area contributed by atoms with Crippen LogP contribution in [0.2, 0.25) is 0 Å². The number of nitrogens with zero attached hydrogens (tertiary/aromatic N) is 1. The Hall–Kier alpha value is -1.49. The molecule has 2 heteroatoms. The normalized spacial score (nSPS) is 11.1. The highest BCUT2D eigenvalue weighted by Gasteiger charge is 2.24. The van der Waals surface area contributed by atoms with Crippen molar-refractivity contribution in [3.8, 4) is 11.8 Å². The topological polar surface area (TPSA) is 33.0 Å². The Bertz CT molecular complexity index is 416. The molecule has 1 aromatic rings. The summed E-state index contributed by atoms with van der Waals surface area (Å²) in [5.74, 6) is 0.987. The fourth-order valence-corrected chi connectivity index (χ4v) is 2.35. The van der Waals surface area contributed by atoms with Crippen molar-refractivity contribution in [3.63, 3.8) is 0 Å². The van der Waals surface area contributed by atoms with E-state index >= 15 is 0 Å². The van der Waals surface area contributed by atoms with E-state index in [4.69, 9.17) is 4.74 Å². The fourth-order valence-electron chi connectivity index (χ4n) is 2.35. The van der Waals surface area contributed by atoms with Gasteiger partial charge in [-0.15, -0.1) is 0 Å². The second kappa shape index (κ2) is 7.84. The molecule has 0 unspecified atom stereocenters. The maximum absolute atomic E-state index is 9.28. The number of ether oxygens (including phenoxy) is 1. The maximum atomic E-state index is 9.28. The van der Waals surface area contributed by atoms with Crippen LogP contribution in [0.15, 0.2) is 24.3 Å². The molecule has 0 aromatic heterocycles. The van der Waals surface area contributed by atoms with Crippen LogP contribution in [0.4, 0.5) is 0 Å². The molecule has 0 heterocycles. The van der Waals surface area contributed by atoms with Crippen molar-refractivity contribution >= 4 is 0 Å². The minimum atomic E-state index is -0.159. The first-order valence-electron chi connectivity index (χ1n) is 7.33. The number of nitriles is 1. The molecule has 19 heavy (non-hydrogen) atoms. The van der Waals surface area contributed by atoms with Gasteiger partial charge in [0.15, 0.2) is 0 Å². The predicted octanol–water partition coefficient (Wildman–Crippen LogP) is 4.74. The van der Waals surface area contributed by atoms with Crippen LogP contribution in [0, 0.1) is 16.7 Å². The van der Waals surface area contributed by atoms with Crippen LogP contribution in [-0.4, -0.2) is 6.61 Å². The van der Waals surface area contributed by atoms with Crippen LogP contribution in [0.25, 0.3) is 0 Å². The van der Waals surface area contributed by atoms with E-state index in [9.17, 15) is 5.26 Å². The van der Waals surface area contributed by atoms with Crippen molar-refractivity contribution in [1.29, 1.82) is 5.26 Å². The summed E-state index contributed by atoms with van der Waals surface area (Å²) in [6.07, 6.45) is 4.69. The Labute approximate surface area is 117 Å². The second-order valence-electron chi connectivity index (χ2n) is 5.01. The number of rotatable bonds is 8. The van der Waals surface area contributed by atoms with Crippen LogP contribution in [0.5, 0.6) is 5.75 Å². The molecular weight excluding hydrogens is 234 g/mol. The largest absolute Gasteiger partial charge is 0.493 e. The molecule has 2 nitrogen and oxygen atoms in total. The molecule has 0 spiro atoms. The lowest BCUT2D eigenvalue weighted by atomic mass is 9.80. The molecule has 0 fully saturated rings. The molecular formula is C17H25NO. The van der Waals surface area contributed by atoms with E-state index in [2.05, 4.69) is 32.9 Å². The number of aryl methyl sites for hydroxylation is 1. The fraction of sp³-hybridized carbons (Fsp3) is 0.588. The molecule has 0 radical (unpaired) electrons. The molecule has 0 saturated carbocycles. The first kappa shape index (κ1) is 15.6. The summed E-state index contributed by atoms with van der Waals surface area (Å²) in [4.78, 5) is 0. The van der Waals surface area contributed by atoms with Gasteiger partial charge in [0.05, 0.1) is 18.1 Å². The molecule has 0 amide bonds. The van der Waals surface area contributed by atoms with Gasteiger partial charge < -0.3 is 4.74 Å². The molecule has 0 aliphatic carbocycles. The molecule has 0 aliphatic heterocycles. The third-order valence-corrected chi connectivity index (χ3v) is 4.00. The quantitative estimate of drug-likeness (QED) is 0.632. The highest BCUT2D eigenvalue weighted by Crippen LogP contribution is 2.31. The van der Waals surface area contributed by atoms with Crippen LogP contribution in [0.3, 0.4) is 0 Å². The van der Waals surface area contributed by atoms with Gasteiger partial charge in [-0.05, 0) is 43.7 Å². The highest BCUT2D eigenvalue weighted by atomic mass is 16.5. The summed E-state index contributed by atoms with van der Waals surface area (Å²) in [6.45, 7) is 7.03. The van der Waals surface area contributed by atoms with E-state index in [1.807, 2.05) is 18.2 Å². The lowest BCUT2D eigenvalue weighted by molar-refractivity contribution is 0.257. The van der Waals surface area contributed by atoms with Gasteiger partial charge in [0.2, 0.25) is 0 Å². The van der Waals surface area contributed by atoms with Gasteiger partial charge in [0.25, 0.3) is 0 Å². The molecule has 0 saturated heterocycles. The summed E-state index contributed by atoms with van der Waals surface area (Å²) >= 11 is 0. The summed E-state index contributed by atoms with van der Waals surface area (Å²) < 4.78 is 5.85. The second-order valence-corrected chi connectivity index (χ2v) is 5.01. The summed E-state index contributed by atoms with van der Waals surface area (Å²) in [5, 5.41) is 9.28. The molecule has 0 atom stereocenters. The van der Waals surface area contributed by atoms with Gasteiger partial charge in [-0.2, -0.15) is 5.26 Å². The Morgan fingerprint density at radius 3 is 2.42 bits per heavy atom. The number of para-hydroxylation sites is 1. The van der Waals surface area contributed by atoms with Crippen molar-refractivity contribution in [1.82, 2.24) is 0 Å². The lowest BCUT2D eigenvalue weighted by Crippen LogP contribution is -2.17. The van der Waals surface area contributed by atoms with Gasteiger partial charge in [-0.25, -0.2) is 0 Å². The Morgan fingerprint density at radius 2 is 1.84 bits per heavy atom. The number of hydrogen-bond acceptors (Lipinski definition) is 2. The van der Waals surface area contributed by atoms with Crippen LogP contribution < -0.4 is 4.74 Å². The Kier molecular flexibility index (Phi) is 6.42. The Balaban J connectivity index is 2.45. The minimum Gasteiger partial charge on any atom is -0.493 e. The molecule has 0 aliphatic rings. The standard InChI is InChI=1S/C17H25NO/c1-4-15-10-7-8-11-16(15)19-13-9-12-17(5-2,6-3)14-18/h7-8,10-11H,4-6,9,12-13H2,1-3H3. The van der Waals surface area contributed by atoms with E-state index in [-0.39, 0.29) is 5.41 Å². The lowest BCUT2D eigenvalue weighted by Gasteiger charge is -2.23. The van der Waals surface area contributed by atoms with E-state index in [0.29, 0.717) is 6.61 Å². The van der Waals surface area contributed by atoms with Gasteiger partial charge >= 0.3 is 0 Å². The highest BCUT2D eigenvalue weighted by molar-refractivity contribution is 5.33. The number of benzene rings is 1. The molecule has 1 rings (SSSR count). The molecule has 0 N–H and O–H groups in total. The zero-order valence-electron chi connectivity index (χ0n) is 12.4. The van der Waals surface area contributed by atoms with Gasteiger partial charge in [-0.3, -0.25) is 0 Å². The molecule has 0 bridgehead atoms. The summed E-state index contributed by atoms with van der Waals surface area (Å²) in [6, 6.07) is 10.7. The zero-order valence-corrected chi connectivity index (χ0v) is 12.4.